The van der Waals surface area contributed by atoms with Crippen LogP contribution in [0.1, 0.15) is 92.4 Å². The average molecular weight is 489 g/mol. The van der Waals surface area contributed by atoms with Crippen molar-refractivity contribution in [2.45, 2.75) is 110 Å². The quantitative estimate of drug-likeness (QED) is 0.282. The summed E-state index contributed by atoms with van der Waals surface area (Å²) in [6, 6.07) is 0. The van der Waals surface area contributed by atoms with E-state index in [1.807, 2.05) is 13.0 Å². The molecule has 0 heterocycles. The zero-order valence-electron chi connectivity index (χ0n) is 22.6. The molecule has 4 aliphatic carbocycles. The number of ketones is 1. The molecule has 2 saturated carbocycles. The van der Waals surface area contributed by atoms with Crippen LogP contribution in [0.5, 0.6) is 0 Å². The minimum Gasteiger partial charge on any atom is -0.392 e. The molecule has 5 heteroatoms. The number of hydrogen-bond donors (Lipinski definition) is 3. The zero-order valence-corrected chi connectivity index (χ0v) is 22.6. The highest BCUT2D eigenvalue weighted by atomic mass is 16.5. The SMILES string of the molecule is CCCCCCCCCCO[C@H]1C(C)=C[C@]23C(=O)[C@@H](C=C(CO)[C@H](O)[C@@]12O)[C@H]1[C@@H](C[C@H]3C)C1(C)C. The summed E-state index contributed by atoms with van der Waals surface area (Å²) in [5.41, 5.74) is -1.80. The number of hydrogen-bond acceptors (Lipinski definition) is 5. The van der Waals surface area contributed by atoms with E-state index in [-0.39, 0.29) is 29.6 Å². The highest BCUT2D eigenvalue weighted by Crippen LogP contribution is 2.71. The Labute approximate surface area is 212 Å². The molecule has 1 spiro atoms. The Morgan fingerprint density at radius 1 is 1.09 bits per heavy atom. The van der Waals surface area contributed by atoms with Gasteiger partial charge in [0, 0.05) is 12.5 Å². The molecule has 3 N–H and O–H groups in total. The van der Waals surface area contributed by atoms with Crippen molar-refractivity contribution in [2.24, 2.45) is 34.5 Å². The number of rotatable bonds is 11. The Balaban J connectivity index is 1.54. The van der Waals surface area contributed by atoms with Gasteiger partial charge in [0.1, 0.15) is 17.8 Å². The topological polar surface area (TPSA) is 87.0 Å². The van der Waals surface area contributed by atoms with Crippen LogP contribution < -0.4 is 0 Å². The predicted octanol–water partition coefficient (Wildman–Crippen LogP) is 4.98. The highest BCUT2D eigenvalue weighted by Gasteiger charge is 2.75. The Kier molecular flexibility index (Phi) is 7.76. The number of carbonyl (C=O) groups is 1. The number of fused-ring (bicyclic) bond motifs is 3. The Morgan fingerprint density at radius 3 is 2.34 bits per heavy atom. The molecule has 0 amide bonds. The van der Waals surface area contributed by atoms with Gasteiger partial charge in [0.05, 0.1) is 12.0 Å². The molecule has 0 saturated heterocycles. The number of ether oxygens (including phenoxy) is 1. The fraction of sp³-hybridized carbons (Fsp3) is 0.833. The molecule has 4 aliphatic rings. The van der Waals surface area contributed by atoms with Crippen molar-refractivity contribution in [3.05, 3.63) is 23.3 Å². The molecule has 0 aromatic rings. The van der Waals surface area contributed by atoms with Gasteiger partial charge >= 0.3 is 0 Å². The van der Waals surface area contributed by atoms with Gasteiger partial charge in [-0.1, -0.05) is 84.8 Å². The third kappa shape index (κ3) is 4.09. The Bertz CT molecular complexity index is 859. The van der Waals surface area contributed by atoms with Crippen LogP contribution in [-0.2, 0) is 9.53 Å². The van der Waals surface area contributed by atoms with Crippen molar-refractivity contribution in [3.8, 4) is 0 Å². The van der Waals surface area contributed by atoms with Gasteiger partial charge in [-0.15, -0.1) is 0 Å². The molecular formula is C30H48O5. The molecule has 198 valence electrons. The lowest BCUT2D eigenvalue weighted by Crippen LogP contribution is -2.65. The first kappa shape index (κ1) is 27.0. The molecule has 0 unspecified atom stereocenters. The number of allylic oxidation sites excluding steroid dienone is 1. The van der Waals surface area contributed by atoms with Gasteiger partial charge in [0.25, 0.3) is 0 Å². The van der Waals surface area contributed by atoms with Crippen LogP contribution >= 0.6 is 0 Å². The molecule has 5 nitrogen and oxygen atoms in total. The monoisotopic (exact) mass is 488 g/mol. The average Bonchev–Trinajstić information content (AvgIpc) is 3.30. The van der Waals surface area contributed by atoms with E-state index in [4.69, 9.17) is 4.74 Å². The highest BCUT2D eigenvalue weighted by molar-refractivity contribution is 5.95. The van der Waals surface area contributed by atoms with E-state index in [0.29, 0.717) is 18.1 Å². The number of Topliss-reactive ketones (excluding diaryl/α,β-unsaturated/α-hetero) is 1. The molecule has 2 bridgehead atoms. The summed E-state index contributed by atoms with van der Waals surface area (Å²) in [5, 5.41) is 34.2. The summed E-state index contributed by atoms with van der Waals surface area (Å²) in [7, 11) is 0. The largest absolute Gasteiger partial charge is 0.392 e. The van der Waals surface area contributed by atoms with Crippen molar-refractivity contribution in [1.82, 2.24) is 0 Å². The van der Waals surface area contributed by atoms with E-state index in [2.05, 4.69) is 27.7 Å². The van der Waals surface area contributed by atoms with E-state index in [9.17, 15) is 20.1 Å². The second-order valence-electron chi connectivity index (χ2n) is 12.6. The van der Waals surface area contributed by atoms with Crippen molar-refractivity contribution >= 4 is 5.78 Å². The van der Waals surface area contributed by atoms with Crippen molar-refractivity contribution < 1.29 is 24.9 Å². The summed E-state index contributed by atoms with van der Waals surface area (Å²) in [6.45, 7) is 10.7. The number of carbonyl (C=O) groups excluding carboxylic acids is 1. The maximum atomic E-state index is 14.3. The second-order valence-corrected chi connectivity index (χ2v) is 12.6. The second kappa shape index (κ2) is 10.0. The van der Waals surface area contributed by atoms with E-state index >= 15 is 0 Å². The maximum Gasteiger partial charge on any atom is 0.153 e. The van der Waals surface area contributed by atoms with Gasteiger partial charge in [-0.2, -0.15) is 0 Å². The van der Waals surface area contributed by atoms with Crippen LogP contribution in [0.15, 0.2) is 23.3 Å². The normalized spacial score (nSPS) is 41.4. The first-order valence-corrected chi connectivity index (χ1v) is 14.2. The third-order valence-corrected chi connectivity index (χ3v) is 10.2. The zero-order chi connectivity index (χ0) is 25.6. The minimum absolute atomic E-state index is 0.00870. The van der Waals surface area contributed by atoms with Crippen LogP contribution in [0.2, 0.25) is 0 Å². The number of unbranched alkanes of at least 4 members (excludes halogenated alkanes) is 7. The molecule has 0 aromatic carbocycles. The fourth-order valence-electron chi connectivity index (χ4n) is 8.11. The smallest absolute Gasteiger partial charge is 0.153 e. The van der Waals surface area contributed by atoms with Crippen molar-refractivity contribution in [1.29, 1.82) is 0 Å². The molecule has 0 radical (unpaired) electrons. The van der Waals surface area contributed by atoms with Crippen LogP contribution in [-0.4, -0.2) is 52.1 Å². The maximum absolute atomic E-state index is 14.3. The Morgan fingerprint density at radius 2 is 1.71 bits per heavy atom. The van der Waals surface area contributed by atoms with Crippen LogP contribution in [0.4, 0.5) is 0 Å². The van der Waals surface area contributed by atoms with Crippen LogP contribution in [0, 0.1) is 34.5 Å². The van der Waals surface area contributed by atoms with Gasteiger partial charge in [0.15, 0.2) is 5.78 Å². The van der Waals surface area contributed by atoms with E-state index in [1.54, 1.807) is 6.08 Å². The first-order valence-electron chi connectivity index (χ1n) is 14.2. The summed E-state index contributed by atoms with van der Waals surface area (Å²) >= 11 is 0. The standard InChI is InChI=1S/C30H48O5/c1-6-7-8-9-10-11-12-13-14-35-27-19(2)17-29-20(3)15-23-24(28(23,4)5)22(26(29)33)16-21(18-31)25(32)30(27,29)34/h16-17,20,22-25,27,31-32,34H,6-15,18H2,1-5H3/t20-,22+,23-,24+,25+,27+,29+,30-/m1/s1. The third-order valence-electron chi connectivity index (χ3n) is 10.2. The lowest BCUT2D eigenvalue weighted by atomic mass is 9.59. The first-order chi connectivity index (χ1) is 16.6. The lowest BCUT2D eigenvalue weighted by Gasteiger charge is -2.49. The molecule has 0 aliphatic heterocycles. The summed E-state index contributed by atoms with van der Waals surface area (Å²) in [6.07, 6.45) is 12.0. The molecule has 8 atom stereocenters. The van der Waals surface area contributed by atoms with Gasteiger partial charge in [-0.25, -0.2) is 0 Å². The molecule has 0 aromatic heterocycles. The van der Waals surface area contributed by atoms with Crippen LogP contribution in [0.25, 0.3) is 0 Å². The van der Waals surface area contributed by atoms with Gasteiger partial charge in [0.2, 0.25) is 0 Å². The summed E-state index contributed by atoms with van der Waals surface area (Å²) < 4.78 is 6.31. The molecule has 2 fully saturated rings. The molecule has 4 rings (SSSR count). The molecule has 35 heavy (non-hydrogen) atoms. The van der Waals surface area contributed by atoms with Crippen molar-refractivity contribution in [2.75, 3.05) is 13.2 Å². The van der Waals surface area contributed by atoms with Gasteiger partial charge in [-0.05, 0) is 54.1 Å². The summed E-state index contributed by atoms with van der Waals surface area (Å²) in [5.74, 6) is 0.0327. The predicted molar refractivity (Wildman–Crippen MR) is 138 cm³/mol. The lowest BCUT2D eigenvalue weighted by molar-refractivity contribution is -0.199. The van der Waals surface area contributed by atoms with E-state index < -0.39 is 29.1 Å². The Hall–Kier alpha value is -1.01. The fourth-order valence-corrected chi connectivity index (χ4v) is 8.11. The van der Waals surface area contributed by atoms with Crippen molar-refractivity contribution in [3.63, 3.8) is 0 Å². The van der Waals surface area contributed by atoms with E-state index in [0.717, 1.165) is 24.8 Å². The summed E-state index contributed by atoms with van der Waals surface area (Å²) in [4.78, 5) is 14.3. The van der Waals surface area contributed by atoms with Gasteiger partial charge in [-0.3, -0.25) is 4.79 Å². The van der Waals surface area contributed by atoms with E-state index in [1.165, 1.54) is 38.5 Å². The molecular weight excluding hydrogens is 440 g/mol. The number of aliphatic hydroxyl groups is 3. The minimum atomic E-state index is -1.81. The van der Waals surface area contributed by atoms with Gasteiger partial charge < -0.3 is 20.1 Å². The number of aliphatic hydroxyl groups excluding tert-OH is 2. The van der Waals surface area contributed by atoms with Crippen LogP contribution in [0.3, 0.4) is 0 Å².